The maximum atomic E-state index is 10.4. The molecule has 23 heavy (non-hydrogen) atoms. The number of aliphatic hydroxyl groups is 2. The molecule has 3 rings (SSSR count). The average molecular weight is 342 g/mol. The number of ether oxygens (including phenoxy) is 4. The third-order valence-electron chi connectivity index (χ3n) is 4.05. The van der Waals surface area contributed by atoms with Crippen molar-refractivity contribution in [2.75, 3.05) is 19.5 Å². The van der Waals surface area contributed by atoms with Crippen molar-refractivity contribution in [2.45, 2.75) is 43.1 Å². The number of rotatable bonds is 4. The average Bonchev–Trinajstić information content (AvgIpc) is 2.59. The number of methoxy groups -OCH3 is 1. The maximum Gasteiger partial charge on any atom is 0.184 e. The second-order valence-electron chi connectivity index (χ2n) is 5.52. The molecule has 0 saturated carbocycles. The highest BCUT2D eigenvalue weighted by atomic mass is 32.2. The monoisotopic (exact) mass is 342 g/mol. The number of fused-ring (bicyclic) bond motifs is 1. The van der Waals surface area contributed by atoms with Crippen LogP contribution >= 0.6 is 11.8 Å². The Hall–Kier alpha value is -0.830. The Balaban J connectivity index is 1.69. The van der Waals surface area contributed by atoms with Crippen molar-refractivity contribution in [1.82, 2.24) is 0 Å². The summed E-state index contributed by atoms with van der Waals surface area (Å²) < 4.78 is 22.5. The van der Waals surface area contributed by atoms with Gasteiger partial charge in [0.15, 0.2) is 6.29 Å². The smallest absolute Gasteiger partial charge is 0.184 e. The second kappa shape index (κ2) is 7.38. The van der Waals surface area contributed by atoms with Gasteiger partial charge in [-0.3, -0.25) is 0 Å². The number of benzene rings is 1. The lowest BCUT2D eigenvalue weighted by molar-refractivity contribution is -0.318. The summed E-state index contributed by atoms with van der Waals surface area (Å²) in [6.45, 7) is 2.29. The van der Waals surface area contributed by atoms with Crippen molar-refractivity contribution in [1.29, 1.82) is 0 Å². The lowest BCUT2D eigenvalue weighted by atomic mass is 9.99. The quantitative estimate of drug-likeness (QED) is 0.854. The Bertz CT molecular complexity index is 508. The molecule has 6 nitrogen and oxygen atoms in total. The van der Waals surface area contributed by atoms with Crippen LogP contribution in [0.3, 0.4) is 0 Å². The summed E-state index contributed by atoms with van der Waals surface area (Å²) in [6.07, 6.45) is -3.56. The summed E-state index contributed by atoms with van der Waals surface area (Å²) >= 11 is 1.46. The first-order valence-corrected chi connectivity index (χ1v) is 8.73. The van der Waals surface area contributed by atoms with Crippen LogP contribution in [0.1, 0.15) is 18.8 Å². The SMILES string of the molecule is CCS[C@@H]1O[C@@H]2COC(c3ccc(OC)cc3)O[C@H]2[C@H](O)[C@H]1O. The summed E-state index contributed by atoms with van der Waals surface area (Å²) in [7, 11) is 1.61. The summed E-state index contributed by atoms with van der Waals surface area (Å²) in [5.41, 5.74) is 0.372. The van der Waals surface area contributed by atoms with E-state index in [1.54, 1.807) is 7.11 Å². The lowest BCUT2D eigenvalue weighted by Crippen LogP contribution is -2.60. The molecule has 6 atom stereocenters. The maximum absolute atomic E-state index is 10.4. The Labute approximate surface area is 139 Å². The van der Waals surface area contributed by atoms with Gasteiger partial charge in [-0.25, -0.2) is 0 Å². The topological polar surface area (TPSA) is 77.4 Å². The van der Waals surface area contributed by atoms with Crippen LogP contribution in [0.4, 0.5) is 0 Å². The molecular weight excluding hydrogens is 320 g/mol. The fourth-order valence-corrected chi connectivity index (χ4v) is 3.72. The van der Waals surface area contributed by atoms with E-state index >= 15 is 0 Å². The van der Waals surface area contributed by atoms with Gasteiger partial charge in [-0.15, -0.1) is 11.8 Å². The third-order valence-corrected chi connectivity index (χ3v) is 5.10. The largest absolute Gasteiger partial charge is 0.497 e. The molecule has 0 spiro atoms. The van der Waals surface area contributed by atoms with Crippen molar-refractivity contribution < 1.29 is 29.2 Å². The molecular formula is C16H22O6S. The van der Waals surface area contributed by atoms with Gasteiger partial charge in [-0.1, -0.05) is 19.1 Å². The van der Waals surface area contributed by atoms with Crippen LogP contribution in [0.25, 0.3) is 0 Å². The van der Waals surface area contributed by atoms with Crippen molar-refractivity contribution in [2.24, 2.45) is 0 Å². The molecule has 0 radical (unpaired) electrons. The van der Waals surface area contributed by atoms with Crippen molar-refractivity contribution >= 4 is 11.8 Å². The van der Waals surface area contributed by atoms with Gasteiger partial charge in [0.1, 0.15) is 35.6 Å². The molecule has 2 saturated heterocycles. The van der Waals surface area contributed by atoms with Gasteiger partial charge in [0.05, 0.1) is 13.7 Å². The summed E-state index contributed by atoms with van der Waals surface area (Å²) in [5.74, 6) is 1.54. The van der Waals surface area contributed by atoms with Gasteiger partial charge in [0, 0.05) is 5.56 Å². The van der Waals surface area contributed by atoms with E-state index in [-0.39, 0.29) is 6.10 Å². The van der Waals surface area contributed by atoms with Gasteiger partial charge in [-0.2, -0.15) is 0 Å². The van der Waals surface area contributed by atoms with Crippen LogP contribution in [0, 0.1) is 0 Å². The molecule has 0 amide bonds. The van der Waals surface area contributed by atoms with Gasteiger partial charge in [-0.05, 0) is 17.9 Å². The zero-order valence-electron chi connectivity index (χ0n) is 13.1. The highest BCUT2D eigenvalue weighted by Gasteiger charge is 2.48. The highest BCUT2D eigenvalue weighted by molar-refractivity contribution is 7.99. The van der Waals surface area contributed by atoms with E-state index in [2.05, 4.69) is 0 Å². The standard InChI is InChI=1S/C16H22O6S/c1-3-23-16-13(18)12(17)14-11(21-16)8-20-15(22-14)9-4-6-10(19-2)7-5-9/h4-7,11-18H,3,8H2,1-2H3/t11-,12-,13-,14-,15?,16+/m1/s1. The van der Waals surface area contributed by atoms with E-state index in [9.17, 15) is 10.2 Å². The van der Waals surface area contributed by atoms with Crippen LogP contribution in [-0.2, 0) is 14.2 Å². The van der Waals surface area contributed by atoms with E-state index in [1.165, 1.54) is 11.8 Å². The van der Waals surface area contributed by atoms with Gasteiger partial charge in [0.2, 0.25) is 0 Å². The molecule has 1 aromatic carbocycles. The molecule has 0 aliphatic carbocycles. The van der Waals surface area contributed by atoms with Crippen molar-refractivity contribution in [3.63, 3.8) is 0 Å². The van der Waals surface area contributed by atoms with Crippen LogP contribution in [0.2, 0.25) is 0 Å². The van der Waals surface area contributed by atoms with Crippen LogP contribution < -0.4 is 4.74 Å². The third kappa shape index (κ3) is 3.50. The van der Waals surface area contributed by atoms with E-state index < -0.39 is 30.0 Å². The Morgan fingerprint density at radius 2 is 1.91 bits per heavy atom. The molecule has 2 fully saturated rings. The van der Waals surface area contributed by atoms with Crippen LogP contribution in [0.15, 0.2) is 24.3 Å². The van der Waals surface area contributed by atoms with Crippen LogP contribution in [-0.4, -0.2) is 59.5 Å². The minimum atomic E-state index is -0.998. The summed E-state index contributed by atoms with van der Waals surface area (Å²) in [4.78, 5) is 0. The fraction of sp³-hybridized carbons (Fsp3) is 0.625. The van der Waals surface area contributed by atoms with Gasteiger partial charge < -0.3 is 29.2 Å². The van der Waals surface area contributed by atoms with E-state index in [1.807, 2.05) is 31.2 Å². The lowest BCUT2D eigenvalue weighted by Gasteiger charge is -2.46. The van der Waals surface area contributed by atoms with Crippen molar-refractivity contribution in [3.05, 3.63) is 29.8 Å². The molecule has 7 heteroatoms. The molecule has 128 valence electrons. The van der Waals surface area contributed by atoms with Gasteiger partial charge in [0.25, 0.3) is 0 Å². The van der Waals surface area contributed by atoms with Gasteiger partial charge >= 0.3 is 0 Å². The molecule has 2 aliphatic rings. The molecule has 2 N–H and O–H groups in total. The molecule has 1 aromatic rings. The Morgan fingerprint density at radius 3 is 2.57 bits per heavy atom. The Morgan fingerprint density at radius 1 is 1.17 bits per heavy atom. The number of thioether (sulfide) groups is 1. The van der Waals surface area contributed by atoms with Crippen molar-refractivity contribution in [3.8, 4) is 5.75 Å². The predicted octanol–water partition coefficient (Wildman–Crippen LogP) is 1.31. The minimum absolute atomic E-state index is 0.311. The van der Waals surface area contributed by atoms with E-state index in [0.29, 0.717) is 6.61 Å². The minimum Gasteiger partial charge on any atom is -0.497 e. The molecule has 0 bridgehead atoms. The van der Waals surface area contributed by atoms with E-state index in [0.717, 1.165) is 17.1 Å². The molecule has 2 heterocycles. The zero-order valence-corrected chi connectivity index (χ0v) is 13.9. The first kappa shape index (κ1) is 17.0. The normalized spacial score (nSPS) is 37.2. The first-order chi connectivity index (χ1) is 11.1. The summed E-state index contributed by atoms with van der Waals surface area (Å²) in [6, 6.07) is 7.35. The molecule has 0 aromatic heterocycles. The number of hydrogen-bond acceptors (Lipinski definition) is 7. The number of aliphatic hydroxyl groups excluding tert-OH is 2. The highest BCUT2D eigenvalue weighted by Crippen LogP contribution is 2.36. The second-order valence-corrected chi connectivity index (χ2v) is 6.89. The van der Waals surface area contributed by atoms with E-state index in [4.69, 9.17) is 18.9 Å². The summed E-state index contributed by atoms with van der Waals surface area (Å²) in [5, 5.41) is 20.6. The molecule has 1 unspecified atom stereocenters. The van der Waals surface area contributed by atoms with Crippen LogP contribution in [0.5, 0.6) is 5.75 Å². The first-order valence-electron chi connectivity index (χ1n) is 7.68. The number of hydrogen-bond donors (Lipinski definition) is 2. The Kier molecular flexibility index (Phi) is 5.45. The zero-order chi connectivity index (χ0) is 16.4. The fourth-order valence-electron chi connectivity index (χ4n) is 2.81. The predicted molar refractivity (Wildman–Crippen MR) is 85.4 cm³/mol. The molecule has 2 aliphatic heterocycles.